The zero-order chi connectivity index (χ0) is 25.8. The first-order valence-corrected chi connectivity index (χ1v) is 10.8. The second kappa shape index (κ2) is 13.8. The zero-order valence-corrected chi connectivity index (χ0v) is 19.6. The normalized spacial score (nSPS) is 14.4. The molecule has 1 aromatic rings. The summed E-state index contributed by atoms with van der Waals surface area (Å²) in [6, 6.07) is -4.13. The number of carbonyl (C=O) groups excluding carboxylic acids is 3. The Labute approximate surface area is 197 Å². The third kappa shape index (κ3) is 9.85. The first-order valence-electron chi connectivity index (χ1n) is 10.8. The van der Waals surface area contributed by atoms with Crippen molar-refractivity contribution in [1.29, 1.82) is 0 Å². The highest BCUT2D eigenvalue weighted by Gasteiger charge is 2.29. The lowest BCUT2D eigenvalue weighted by Crippen LogP contribution is -2.57. The lowest BCUT2D eigenvalue weighted by Gasteiger charge is -2.24. The van der Waals surface area contributed by atoms with Gasteiger partial charge < -0.3 is 43.2 Å². The molecule has 4 atom stereocenters. The van der Waals surface area contributed by atoms with Gasteiger partial charge in [-0.3, -0.25) is 19.4 Å². The number of amides is 3. The van der Waals surface area contributed by atoms with Gasteiger partial charge in [0.05, 0.1) is 12.4 Å². The highest BCUT2D eigenvalue weighted by atomic mass is 16.4. The van der Waals surface area contributed by atoms with Gasteiger partial charge in [-0.2, -0.15) is 0 Å². The van der Waals surface area contributed by atoms with Crippen LogP contribution >= 0.6 is 0 Å². The topological polar surface area (TPSA) is 244 Å². The lowest BCUT2D eigenvalue weighted by molar-refractivity contribution is -0.143. The van der Waals surface area contributed by atoms with Gasteiger partial charge in [0, 0.05) is 24.9 Å². The molecule has 0 bridgehead atoms. The summed E-state index contributed by atoms with van der Waals surface area (Å²) in [5, 5.41) is 16.7. The largest absolute Gasteiger partial charge is 0.480 e. The molecule has 11 N–H and O–H groups in total. The van der Waals surface area contributed by atoms with E-state index in [0.29, 0.717) is 12.1 Å². The number of hydrogen-bond donors (Lipinski definition) is 8. The summed E-state index contributed by atoms with van der Waals surface area (Å²) in [6.07, 6.45) is 3.71. The number of carboxylic acids is 1. The average Bonchev–Trinajstić information content (AvgIpc) is 3.25. The Morgan fingerprint density at radius 2 is 1.76 bits per heavy atom. The Bertz CT molecular complexity index is 853. The number of carbonyl (C=O) groups is 4. The number of aromatic nitrogens is 2. The quantitative estimate of drug-likeness (QED) is 0.0797. The summed E-state index contributed by atoms with van der Waals surface area (Å²) in [4.78, 5) is 59.7. The van der Waals surface area contributed by atoms with E-state index >= 15 is 0 Å². The summed E-state index contributed by atoms with van der Waals surface area (Å²) >= 11 is 0. The number of nitrogens with one attached hydrogen (secondary N) is 4. The highest BCUT2D eigenvalue weighted by molar-refractivity contribution is 5.94. The lowest BCUT2D eigenvalue weighted by atomic mass is 10.0. The summed E-state index contributed by atoms with van der Waals surface area (Å²) in [6.45, 7) is 4.94. The second-order valence-corrected chi connectivity index (χ2v) is 8.20. The molecular weight excluding hydrogens is 446 g/mol. The third-order valence-corrected chi connectivity index (χ3v) is 4.89. The molecule has 190 valence electrons. The minimum absolute atomic E-state index is 0.102. The molecule has 0 fully saturated rings. The molecule has 0 saturated heterocycles. The average molecular weight is 482 g/mol. The van der Waals surface area contributed by atoms with E-state index in [9.17, 15) is 24.3 Å². The van der Waals surface area contributed by atoms with Gasteiger partial charge >= 0.3 is 5.97 Å². The molecule has 0 spiro atoms. The molecule has 14 nitrogen and oxygen atoms in total. The van der Waals surface area contributed by atoms with Crippen LogP contribution in [0.15, 0.2) is 17.5 Å². The van der Waals surface area contributed by atoms with Crippen LogP contribution in [0.4, 0.5) is 0 Å². The van der Waals surface area contributed by atoms with Crippen LogP contribution in [0, 0.1) is 5.92 Å². The van der Waals surface area contributed by atoms with E-state index in [-0.39, 0.29) is 31.3 Å². The SMILES string of the molecule is CC(NC(=O)C(CCCN=C(N)N)NC(=O)C(N)Cc1cnc[nH]1)C(=O)NC(C(=O)O)C(C)C. The van der Waals surface area contributed by atoms with Gasteiger partial charge in [0.25, 0.3) is 0 Å². The van der Waals surface area contributed by atoms with Crippen LogP contribution in [0.1, 0.15) is 39.3 Å². The number of H-pyrrole nitrogens is 1. The maximum Gasteiger partial charge on any atom is 0.326 e. The van der Waals surface area contributed by atoms with Crippen LogP contribution in [-0.4, -0.2) is 75.4 Å². The minimum Gasteiger partial charge on any atom is -0.480 e. The molecule has 0 saturated carbocycles. The number of aliphatic imine (C=N–C) groups is 1. The molecule has 4 unspecified atom stereocenters. The molecule has 0 aliphatic rings. The van der Waals surface area contributed by atoms with Crippen molar-refractivity contribution >= 4 is 29.7 Å². The van der Waals surface area contributed by atoms with Crippen molar-refractivity contribution in [3.05, 3.63) is 18.2 Å². The van der Waals surface area contributed by atoms with Gasteiger partial charge in [-0.25, -0.2) is 9.78 Å². The molecule has 1 rings (SSSR count). The van der Waals surface area contributed by atoms with Crippen LogP contribution in [0.25, 0.3) is 0 Å². The Hall–Kier alpha value is -3.68. The predicted octanol–water partition coefficient (Wildman–Crippen LogP) is -2.45. The van der Waals surface area contributed by atoms with E-state index in [1.165, 1.54) is 19.4 Å². The third-order valence-electron chi connectivity index (χ3n) is 4.89. The molecule has 0 radical (unpaired) electrons. The molecule has 1 aromatic heterocycles. The van der Waals surface area contributed by atoms with Gasteiger partial charge in [-0.1, -0.05) is 13.8 Å². The zero-order valence-electron chi connectivity index (χ0n) is 19.6. The van der Waals surface area contributed by atoms with Gasteiger partial charge in [-0.05, 0) is 25.7 Å². The van der Waals surface area contributed by atoms with Gasteiger partial charge in [0.2, 0.25) is 17.7 Å². The van der Waals surface area contributed by atoms with E-state index in [1.54, 1.807) is 13.8 Å². The number of carboxylic acid groups (broad SMARTS) is 1. The van der Waals surface area contributed by atoms with Crippen LogP contribution in [0.3, 0.4) is 0 Å². The number of guanidine groups is 1. The van der Waals surface area contributed by atoms with Crippen LogP contribution < -0.4 is 33.2 Å². The summed E-state index contributed by atoms with van der Waals surface area (Å²) in [5.41, 5.74) is 17.2. The molecule has 34 heavy (non-hydrogen) atoms. The van der Waals surface area contributed by atoms with Crippen molar-refractivity contribution < 1.29 is 24.3 Å². The fraction of sp³-hybridized carbons (Fsp3) is 0.600. The van der Waals surface area contributed by atoms with E-state index in [1.807, 2.05) is 0 Å². The number of nitrogens with zero attached hydrogens (tertiary/aromatic N) is 2. The maximum absolute atomic E-state index is 12.9. The van der Waals surface area contributed by atoms with Crippen molar-refractivity contribution in [3.63, 3.8) is 0 Å². The van der Waals surface area contributed by atoms with Gasteiger partial charge in [0.1, 0.15) is 18.1 Å². The fourth-order valence-electron chi connectivity index (χ4n) is 2.95. The van der Waals surface area contributed by atoms with Crippen molar-refractivity contribution in [2.24, 2.45) is 28.1 Å². The fourth-order valence-corrected chi connectivity index (χ4v) is 2.95. The second-order valence-electron chi connectivity index (χ2n) is 8.20. The van der Waals surface area contributed by atoms with Crippen LogP contribution in [0.5, 0.6) is 0 Å². The van der Waals surface area contributed by atoms with Crippen molar-refractivity contribution in [3.8, 4) is 0 Å². The molecule has 0 aliphatic heterocycles. The number of hydrogen-bond acceptors (Lipinski definition) is 7. The van der Waals surface area contributed by atoms with Crippen molar-refractivity contribution in [2.75, 3.05) is 6.54 Å². The monoisotopic (exact) mass is 481 g/mol. The summed E-state index contributed by atoms with van der Waals surface area (Å²) in [7, 11) is 0. The predicted molar refractivity (Wildman–Crippen MR) is 124 cm³/mol. The van der Waals surface area contributed by atoms with E-state index in [4.69, 9.17) is 17.2 Å². The summed E-state index contributed by atoms with van der Waals surface area (Å²) < 4.78 is 0. The number of imidazole rings is 1. The highest BCUT2D eigenvalue weighted by Crippen LogP contribution is 2.04. The maximum atomic E-state index is 12.9. The standard InChI is InChI=1S/C20H35N9O5/c1-10(2)15(19(33)34)29-16(30)11(3)27-18(32)14(5-4-6-25-20(22)23)28-17(31)13(21)7-12-8-24-9-26-12/h8-11,13-15H,4-7,21H2,1-3H3,(H,24,26)(H,27,32)(H,28,31)(H,29,30)(H,33,34)(H4,22,23,25). The van der Waals surface area contributed by atoms with E-state index < -0.39 is 47.9 Å². The van der Waals surface area contributed by atoms with E-state index in [2.05, 4.69) is 30.9 Å². The Morgan fingerprint density at radius 1 is 1.09 bits per heavy atom. The first kappa shape index (κ1) is 28.4. The minimum atomic E-state index is -1.18. The Morgan fingerprint density at radius 3 is 2.29 bits per heavy atom. The summed E-state index contributed by atoms with van der Waals surface area (Å²) in [5.74, 6) is -3.52. The molecular formula is C20H35N9O5. The Balaban J connectivity index is 2.81. The smallest absolute Gasteiger partial charge is 0.326 e. The molecule has 1 heterocycles. The van der Waals surface area contributed by atoms with Crippen LogP contribution in [0.2, 0.25) is 0 Å². The molecule has 14 heteroatoms. The molecule has 0 aromatic carbocycles. The first-order chi connectivity index (χ1) is 15.9. The number of rotatable bonds is 14. The Kier molecular flexibility index (Phi) is 11.5. The molecule has 0 aliphatic carbocycles. The van der Waals surface area contributed by atoms with Crippen molar-refractivity contribution in [1.82, 2.24) is 25.9 Å². The van der Waals surface area contributed by atoms with E-state index in [0.717, 1.165) is 0 Å². The number of aliphatic carboxylic acids is 1. The van der Waals surface area contributed by atoms with Gasteiger partial charge in [-0.15, -0.1) is 0 Å². The number of nitrogens with two attached hydrogens (primary N) is 3. The number of aromatic amines is 1. The van der Waals surface area contributed by atoms with Gasteiger partial charge in [0.15, 0.2) is 5.96 Å². The van der Waals surface area contributed by atoms with Crippen molar-refractivity contribution in [2.45, 2.75) is 64.2 Å². The molecule has 3 amide bonds. The van der Waals surface area contributed by atoms with Crippen LogP contribution in [-0.2, 0) is 25.6 Å².